The summed E-state index contributed by atoms with van der Waals surface area (Å²) in [7, 11) is 0. The van der Waals surface area contributed by atoms with E-state index in [1.165, 1.54) is 16.3 Å². The number of likely N-dealkylation sites (tertiary alicyclic amines) is 1. The van der Waals surface area contributed by atoms with Crippen LogP contribution in [-0.4, -0.2) is 51.9 Å². The first-order valence-corrected chi connectivity index (χ1v) is 14.2. The highest BCUT2D eigenvalue weighted by Crippen LogP contribution is 2.62. The predicted molar refractivity (Wildman–Crippen MR) is 144 cm³/mol. The summed E-state index contributed by atoms with van der Waals surface area (Å²) in [4.78, 5) is 47.6. The zero-order valence-electron chi connectivity index (χ0n) is 20.2. The average molecular weight is 587 g/mol. The van der Waals surface area contributed by atoms with Crippen LogP contribution in [0.3, 0.4) is 0 Å². The molecule has 2 N–H and O–H groups in total. The number of carboxylic acids is 1. The van der Waals surface area contributed by atoms with Crippen LogP contribution in [0.25, 0.3) is 0 Å². The fourth-order valence-corrected chi connectivity index (χ4v) is 7.84. The molecule has 12 heteroatoms. The second kappa shape index (κ2) is 8.72. The first kappa shape index (κ1) is 25.0. The molecule has 1 saturated carbocycles. The zero-order valence-corrected chi connectivity index (χ0v) is 22.6. The fourth-order valence-electron chi connectivity index (χ4n) is 6.67. The van der Waals surface area contributed by atoms with E-state index in [2.05, 4.69) is 15.2 Å². The van der Waals surface area contributed by atoms with Gasteiger partial charge in [0.2, 0.25) is 11.8 Å². The van der Waals surface area contributed by atoms with Gasteiger partial charge in [0.1, 0.15) is 11.4 Å². The molecule has 3 aromatic rings. The normalized spacial score (nSPS) is 27.8. The van der Waals surface area contributed by atoms with Crippen molar-refractivity contribution in [1.82, 2.24) is 9.88 Å². The number of rotatable bonds is 5. The maximum Gasteiger partial charge on any atom is 0.355 e. The van der Waals surface area contributed by atoms with Crippen molar-refractivity contribution in [2.75, 3.05) is 23.3 Å². The number of carboxylic acid groups (broad SMARTS) is 1. The Morgan fingerprint density at radius 1 is 1.23 bits per heavy atom. The summed E-state index contributed by atoms with van der Waals surface area (Å²) < 4.78 is 15.9. The predicted octanol–water partition coefficient (Wildman–Crippen LogP) is 4.98. The Bertz CT molecular complexity index is 1580. The second-order valence-corrected chi connectivity index (χ2v) is 12.2. The van der Waals surface area contributed by atoms with E-state index in [1.54, 1.807) is 30.3 Å². The standard InChI is InChI=1S/C27H21Cl2FN4O4S/c28-13-6-7-15-17(8-13)31-25(38)27(15)21(14-2-1-3-16(29)22(14)30)20-19(34(27)9-12-4-5-12)10-33(23(20)35)26-32-18(11-39-26)24(36)37/h1-3,6-8,11-12,19-21H,4-5,9-10H2,(H,31,38)(H,36,37)/t19-,20+,21-,27+/m0/s1. The number of fused-ring (bicyclic) bond motifs is 3. The van der Waals surface area contributed by atoms with Crippen LogP contribution in [0.2, 0.25) is 10.0 Å². The Hall–Kier alpha value is -3.05. The highest BCUT2D eigenvalue weighted by Gasteiger charge is 2.71. The minimum absolute atomic E-state index is 0.0945. The molecule has 2 saturated heterocycles. The second-order valence-electron chi connectivity index (χ2n) is 10.5. The molecule has 0 bridgehead atoms. The van der Waals surface area contributed by atoms with Crippen LogP contribution in [-0.2, 0) is 15.1 Å². The number of aromatic carboxylic acids is 1. The molecule has 8 nitrogen and oxygen atoms in total. The van der Waals surface area contributed by atoms with Crippen molar-refractivity contribution in [1.29, 1.82) is 0 Å². The Kier molecular flexibility index (Phi) is 5.58. The molecule has 3 fully saturated rings. The summed E-state index contributed by atoms with van der Waals surface area (Å²) in [6.45, 7) is 0.744. The van der Waals surface area contributed by atoms with Crippen molar-refractivity contribution < 1.29 is 23.9 Å². The van der Waals surface area contributed by atoms with E-state index in [9.17, 15) is 19.5 Å². The number of halogens is 3. The first-order chi connectivity index (χ1) is 18.7. The van der Waals surface area contributed by atoms with Gasteiger partial charge in [-0.15, -0.1) is 11.3 Å². The van der Waals surface area contributed by atoms with Gasteiger partial charge in [0, 0.05) is 46.7 Å². The molecular weight excluding hydrogens is 566 g/mol. The molecule has 4 heterocycles. The van der Waals surface area contributed by atoms with Crippen LogP contribution in [0.5, 0.6) is 0 Å². The summed E-state index contributed by atoms with van der Waals surface area (Å²) in [5.41, 5.74) is -0.131. The van der Waals surface area contributed by atoms with E-state index in [1.807, 2.05) is 0 Å². The summed E-state index contributed by atoms with van der Waals surface area (Å²) >= 11 is 13.6. The number of carbonyl (C=O) groups excluding carboxylic acids is 2. The molecular formula is C27H21Cl2FN4O4S. The first-order valence-electron chi connectivity index (χ1n) is 12.5. The van der Waals surface area contributed by atoms with Gasteiger partial charge < -0.3 is 10.4 Å². The lowest BCUT2D eigenvalue weighted by Crippen LogP contribution is -2.54. The van der Waals surface area contributed by atoms with E-state index < -0.39 is 35.2 Å². The van der Waals surface area contributed by atoms with Crippen LogP contribution in [0.1, 0.15) is 40.4 Å². The molecule has 2 amide bonds. The van der Waals surface area contributed by atoms with E-state index in [0.29, 0.717) is 28.7 Å². The summed E-state index contributed by atoms with van der Waals surface area (Å²) in [6, 6.07) is 9.37. The van der Waals surface area contributed by atoms with Crippen molar-refractivity contribution in [3.05, 3.63) is 74.5 Å². The third-order valence-corrected chi connectivity index (χ3v) is 9.79. The number of nitrogens with zero attached hydrogens (tertiary/aromatic N) is 3. The lowest BCUT2D eigenvalue weighted by molar-refractivity contribution is -0.128. The van der Waals surface area contributed by atoms with Crippen molar-refractivity contribution in [2.24, 2.45) is 11.8 Å². The number of benzene rings is 2. The summed E-state index contributed by atoms with van der Waals surface area (Å²) in [5.74, 6) is -3.88. The number of carbonyl (C=O) groups is 3. The third kappa shape index (κ3) is 3.51. The monoisotopic (exact) mass is 586 g/mol. The Morgan fingerprint density at radius 2 is 2.03 bits per heavy atom. The van der Waals surface area contributed by atoms with Gasteiger partial charge in [-0.05, 0) is 42.5 Å². The SMILES string of the molecule is O=C(O)c1csc(N2C[C@H]3[C@@H](C2=O)[C@H](c2cccc(Cl)c2F)[C@]2(C(=O)Nc4cc(Cl)ccc42)N3CC2CC2)n1. The smallest absolute Gasteiger partial charge is 0.355 e. The van der Waals surface area contributed by atoms with Crippen LogP contribution < -0.4 is 10.2 Å². The van der Waals surface area contributed by atoms with Crippen molar-refractivity contribution in [3.8, 4) is 0 Å². The number of hydrogen-bond acceptors (Lipinski definition) is 6. The molecule has 0 radical (unpaired) electrons. The molecule has 1 spiro atoms. The topological polar surface area (TPSA) is 103 Å². The fraction of sp³-hybridized carbons (Fsp3) is 0.333. The number of aromatic nitrogens is 1. The summed E-state index contributed by atoms with van der Waals surface area (Å²) in [6.07, 6.45) is 2.00. The highest BCUT2D eigenvalue weighted by atomic mass is 35.5. The van der Waals surface area contributed by atoms with Gasteiger partial charge in [-0.25, -0.2) is 14.2 Å². The van der Waals surface area contributed by atoms with Crippen LogP contribution in [0.4, 0.5) is 15.2 Å². The molecule has 1 aliphatic carbocycles. The minimum atomic E-state index is -1.36. The number of anilines is 2. The summed E-state index contributed by atoms with van der Waals surface area (Å²) in [5, 5.41) is 14.3. The minimum Gasteiger partial charge on any atom is -0.476 e. The maximum absolute atomic E-state index is 15.9. The van der Waals surface area contributed by atoms with Crippen molar-refractivity contribution in [3.63, 3.8) is 0 Å². The van der Waals surface area contributed by atoms with Gasteiger partial charge in [-0.1, -0.05) is 41.4 Å². The molecule has 4 atom stereocenters. The van der Waals surface area contributed by atoms with E-state index >= 15 is 4.39 Å². The number of nitrogens with one attached hydrogen (secondary N) is 1. The van der Waals surface area contributed by atoms with Gasteiger partial charge in [0.15, 0.2) is 10.8 Å². The quantitative estimate of drug-likeness (QED) is 0.437. The lowest BCUT2D eigenvalue weighted by Gasteiger charge is -2.41. The maximum atomic E-state index is 15.9. The van der Waals surface area contributed by atoms with E-state index in [0.717, 1.165) is 24.2 Å². The largest absolute Gasteiger partial charge is 0.476 e. The average Bonchev–Trinajstić information content (AvgIpc) is 3.23. The molecule has 7 rings (SSSR count). The Labute approximate surface area is 236 Å². The van der Waals surface area contributed by atoms with Crippen molar-refractivity contribution in [2.45, 2.75) is 30.3 Å². The van der Waals surface area contributed by atoms with Crippen LogP contribution in [0, 0.1) is 17.7 Å². The van der Waals surface area contributed by atoms with Gasteiger partial charge in [0.05, 0.1) is 10.9 Å². The number of hydrogen-bond donors (Lipinski definition) is 2. The zero-order chi connectivity index (χ0) is 27.2. The van der Waals surface area contributed by atoms with Crippen molar-refractivity contribution >= 4 is 63.1 Å². The van der Waals surface area contributed by atoms with Gasteiger partial charge >= 0.3 is 5.97 Å². The molecule has 0 unspecified atom stereocenters. The number of thiazole rings is 1. The van der Waals surface area contributed by atoms with E-state index in [-0.39, 0.29) is 39.8 Å². The Balaban J connectivity index is 1.45. The van der Waals surface area contributed by atoms with Gasteiger partial charge in [-0.2, -0.15) is 0 Å². The lowest BCUT2D eigenvalue weighted by atomic mass is 9.71. The van der Waals surface area contributed by atoms with Gasteiger partial charge in [-0.3, -0.25) is 19.4 Å². The van der Waals surface area contributed by atoms with Crippen LogP contribution in [0.15, 0.2) is 41.8 Å². The molecule has 39 heavy (non-hydrogen) atoms. The van der Waals surface area contributed by atoms with Crippen LogP contribution >= 0.6 is 34.5 Å². The Morgan fingerprint density at radius 3 is 2.74 bits per heavy atom. The third-order valence-electron chi connectivity index (χ3n) is 8.39. The molecule has 3 aliphatic heterocycles. The molecule has 4 aliphatic rings. The van der Waals surface area contributed by atoms with E-state index in [4.69, 9.17) is 23.2 Å². The molecule has 1 aromatic heterocycles. The molecule has 2 aromatic carbocycles. The molecule has 200 valence electrons. The number of amides is 2. The van der Waals surface area contributed by atoms with Gasteiger partial charge in [0.25, 0.3) is 0 Å². The highest BCUT2D eigenvalue weighted by molar-refractivity contribution is 7.14.